The zero-order valence-corrected chi connectivity index (χ0v) is 18.5. The molecule has 0 unspecified atom stereocenters. The van der Waals surface area contributed by atoms with Crippen LogP contribution in [0.3, 0.4) is 0 Å². The van der Waals surface area contributed by atoms with Crippen molar-refractivity contribution in [2.24, 2.45) is 0 Å². The number of hydrogen-bond donors (Lipinski definition) is 2. The molecule has 0 fully saturated rings. The Balaban J connectivity index is 1.63. The van der Waals surface area contributed by atoms with Gasteiger partial charge in [-0.1, -0.05) is 12.1 Å². The van der Waals surface area contributed by atoms with Gasteiger partial charge in [-0.2, -0.15) is 4.98 Å². The van der Waals surface area contributed by atoms with Crippen molar-refractivity contribution in [3.63, 3.8) is 0 Å². The van der Waals surface area contributed by atoms with Gasteiger partial charge in [-0.3, -0.25) is 14.0 Å². The van der Waals surface area contributed by atoms with Crippen LogP contribution < -0.4 is 10.2 Å². The summed E-state index contributed by atoms with van der Waals surface area (Å²) in [4.78, 5) is 31.0. The van der Waals surface area contributed by atoms with Crippen LogP contribution in [0.25, 0.3) is 27.1 Å². The summed E-state index contributed by atoms with van der Waals surface area (Å²) < 4.78 is 18.7. The molecule has 5 aromatic rings. The quantitative estimate of drug-likeness (QED) is 0.368. The van der Waals surface area contributed by atoms with Crippen molar-refractivity contribution < 1.29 is 28.9 Å². The SMILES string of the molecule is COC(=O)C[C@H]1c2c(cc(O)c3c(=O)c(-c4ccc(O)cc4)coc23)Oc2nc3sccn3c21. The summed E-state index contributed by atoms with van der Waals surface area (Å²) in [6.07, 6.45) is 3.08. The van der Waals surface area contributed by atoms with Crippen LogP contribution in [0.2, 0.25) is 0 Å². The Kier molecular flexibility index (Phi) is 4.39. The molecule has 0 saturated carbocycles. The van der Waals surface area contributed by atoms with E-state index in [-0.39, 0.29) is 40.2 Å². The highest BCUT2D eigenvalue weighted by Gasteiger charge is 2.37. The Morgan fingerprint density at radius 3 is 2.82 bits per heavy atom. The molecule has 2 N–H and O–H groups in total. The fraction of sp³-hybridized carbons (Fsp3) is 0.125. The number of esters is 1. The number of nitrogens with zero attached hydrogens (tertiary/aromatic N) is 2. The van der Waals surface area contributed by atoms with Crippen LogP contribution in [-0.2, 0) is 9.53 Å². The Bertz CT molecular complexity index is 1660. The van der Waals surface area contributed by atoms with E-state index in [1.807, 2.05) is 16.0 Å². The fourth-order valence-electron chi connectivity index (χ4n) is 4.40. The maximum Gasteiger partial charge on any atom is 0.306 e. The maximum absolute atomic E-state index is 13.4. The number of imidazole rings is 1. The molecule has 1 aliphatic rings. The minimum atomic E-state index is -0.596. The minimum Gasteiger partial charge on any atom is -0.508 e. The molecule has 10 heteroatoms. The third kappa shape index (κ3) is 2.88. The molecule has 0 bridgehead atoms. The van der Waals surface area contributed by atoms with Gasteiger partial charge in [0, 0.05) is 29.1 Å². The van der Waals surface area contributed by atoms with Gasteiger partial charge < -0.3 is 24.1 Å². The van der Waals surface area contributed by atoms with E-state index in [2.05, 4.69) is 4.98 Å². The Morgan fingerprint density at radius 2 is 2.06 bits per heavy atom. The largest absolute Gasteiger partial charge is 0.508 e. The summed E-state index contributed by atoms with van der Waals surface area (Å²) in [6.45, 7) is 0. The molecule has 0 spiro atoms. The lowest BCUT2D eigenvalue weighted by atomic mass is 9.88. The van der Waals surface area contributed by atoms with Crippen LogP contribution in [0.1, 0.15) is 23.6 Å². The first-order valence-corrected chi connectivity index (χ1v) is 11.1. The van der Waals surface area contributed by atoms with Gasteiger partial charge in [0.25, 0.3) is 0 Å². The second-order valence-electron chi connectivity index (χ2n) is 7.83. The average molecular weight is 476 g/mol. The lowest BCUT2D eigenvalue weighted by Gasteiger charge is -2.25. The summed E-state index contributed by atoms with van der Waals surface area (Å²) in [5, 5.41) is 22.2. The molecule has 0 radical (unpaired) electrons. The molecule has 3 aromatic heterocycles. The van der Waals surface area contributed by atoms with Crippen LogP contribution in [0.4, 0.5) is 0 Å². The normalized spacial score (nSPS) is 14.6. The van der Waals surface area contributed by atoms with E-state index in [9.17, 15) is 19.8 Å². The molecule has 170 valence electrons. The Labute approximate surface area is 195 Å². The number of benzene rings is 2. The fourth-order valence-corrected chi connectivity index (χ4v) is 5.12. The molecule has 34 heavy (non-hydrogen) atoms. The first-order chi connectivity index (χ1) is 16.5. The summed E-state index contributed by atoms with van der Waals surface area (Å²) in [5.41, 5.74) is 1.48. The predicted molar refractivity (Wildman–Crippen MR) is 123 cm³/mol. The highest BCUT2D eigenvalue weighted by Crippen LogP contribution is 2.50. The zero-order valence-electron chi connectivity index (χ0n) is 17.6. The number of rotatable bonds is 3. The molecule has 0 saturated heterocycles. The number of carbonyl (C=O) groups excluding carboxylic acids is 1. The Morgan fingerprint density at radius 1 is 1.26 bits per heavy atom. The molecule has 1 atom stereocenters. The van der Waals surface area contributed by atoms with E-state index in [0.717, 1.165) is 0 Å². The zero-order chi connectivity index (χ0) is 23.6. The lowest BCUT2D eigenvalue weighted by Crippen LogP contribution is -2.18. The number of fused-ring (bicyclic) bond motifs is 6. The number of phenols is 2. The van der Waals surface area contributed by atoms with Gasteiger partial charge in [-0.15, -0.1) is 11.3 Å². The third-order valence-electron chi connectivity index (χ3n) is 5.95. The standard InChI is InChI=1S/C24H16N2O7S/c1-31-17(29)8-13-18-16(33-23-20(13)26-6-7-34-24(26)25-23)9-15(28)19-21(30)14(10-32-22(18)19)11-2-4-12(27)5-3-11/h2-7,9-10,13,27-28H,8H2,1H3/t13-/m0/s1. The Hall–Kier alpha value is -4.31. The van der Waals surface area contributed by atoms with Crippen molar-refractivity contribution in [1.29, 1.82) is 0 Å². The second kappa shape index (κ2) is 7.35. The number of carbonyl (C=O) groups is 1. The minimum absolute atomic E-state index is 0.0303. The summed E-state index contributed by atoms with van der Waals surface area (Å²) in [6, 6.07) is 7.42. The van der Waals surface area contributed by atoms with Crippen molar-refractivity contribution in [2.75, 3.05) is 7.11 Å². The number of aromatic nitrogens is 2. The predicted octanol–water partition coefficient (Wildman–Crippen LogP) is 4.38. The summed E-state index contributed by atoms with van der Waals surface area (Å²) in [7, 11) is 1.30. The van der Waals surface area contributed by atoms with Crippen molar-refractivity contribution in [3.05, 3.63) is 69.7 Å². The maximum atomic E-state index is 13.4. The van der Waals surface area contributed by atoms with Crippen molar-refractivity contribution in [2.45, 2.75) is 12.3 Å². The highest BCUT2D eigenvalue weighted by molar-refractivity contribution is 7.15. The van der Waals surface area contributed by atoms with E-state index >= 15 is 0 Å². The number of ether oxygens (including phenoxy) is 2. The third-order valence-corrected chi connectivity index (χ3v) is 6.71. The number of thiazole rings is 1. The molecule has 9 nitrogen and oxygen atoms in total. The number of methoxy groups -OCH3 is 1. The molecule has 0 amide bonds. The lowest BCUT2D eigenvalue weighted by molar-refractivity contribution is -0.140. The van der Waals surface area contributed by atoms with Crippen molar-refractivity contribution in [1.82, 2.24) is 9.38 Å². The van der Waals surface area contributed by atoms with Gasteiger partial charge in [0.1, 0.15) is 34.5 Å². The van der Waals surface area contributed by atoms with Crippen LogP contribution in [0.5, 0.6) is 23.1 Å². The van der Waals surface area contributed by atoms with E-state index < -0.39 is 17.3 Å². The van der Waals surface area contributed by atoms with Crippen LogP contribution in [0.15, 0.2) is 57.4 Å². The molecule has 4 heterocycles. The van der Waals surface area contributed by atoms with E-state index in [0.29, 0.717) is 27.7 Å². The monoisotopic (exact) mass is 476 g/mol. The molecular formula is C24H16N2O7S. The molecule has 2 aromatic carbocycles. The molecule has 1 aliphatic heterocycles. The van der Waals surface area contributed by atoms with Gasteiger partial charge in [-0.25, -0.2) is 0 Å². The van der Waals surface area contributed by atoms with E-state index in [1.165, 1.54) is 42.9 Å². The number of phenolic OH excluding ortho intramolecular Hbond substituents is 2. The van der Waals surface area contributed by atoms with E-state index in [1.54, 1.807) is 12.1 Å². The van der Waals surface area contributed by atoms with Gasteiger partial charge in [0.15, 0.2) is 4.96 Å². The van der Waals surface area contributed by atoms with Gasteiger partial charge in [-0.05, 0) is 17.7 Å². The first-order valence-electron chi connectivity index (χ1n) is 10.3. The van der Waals surface area contributed by atoms with Crippen LogP contribution in [0, 0.1) is 0 Å². The van der Waals surface area contributed by atoms with Gasteiger partial charge in [0.2, 0.25) is 11.3 Å². The smallest absolute Gasteiger partial charge is 0.306 e. The van der Waals surface area contributed by atoms with Crippen LogP contribution >= 0.6 is 11.3 Å². The van der Waals surface area contributed by atoms with Crippen LogP contribution in [-0.4, -0.2) is 32.7 Å². The van der Waals surface area contributed by atoms with Gasteiger partial charge in [0.05, 0.1) is 24.8 Å². The number of aromatic hydroxyl groups is 2. The molecule has 0 aliphatic carbocycles. The molecule has 6 rings (SSSR count). The number of hydrogen-bond acceptors (Lipinski definition) is 9. The van der Waals surface area contributed by atoms with E-state index in [4.69, 9.17) is 13.9 Å². The average Bonchev–Trinajstić information content (AvgIpc) is 3.40. The summed E-state index contributed by atoms with van der Waals surface area (Å²) in [5.74, 6) is -0.748. The van der Waals surface area contributed by atoms with Crippen molar-refractivity contribution >= 4 is 33.2 Å². The van der Waals surface area contributed by atoms with Gasteiger partial charge >= 0.3 is 5.97 Å². The first kappa shape index (κ1) is 20.3. The second-order valence-corrected chi connectivity index (χ2v) is 8.70. The highest BCUT2D eigenvalue weighted by atomic mass is 32.1. The topological polar surface area (TPSA) is 124 Å². The summed E-state index contributed by atoms with van der Waals surface area (Å²) >= 11 is 1.41. The molecular weight excluding hydrogens is 460 g/mol. The van der Waals surface area contributed by atoms with Crippen molar-refractivity contribution in [3.8, 4) is 34.3 Å².